The Morgan fingerprint density at radius 3 is 2.30 bits per heavy atom. The molecule has 7 heteroatoms. The van der Waals surface area contributed by atoms with Gasteiger partial charge in [-0.25, -0.2) is 18.5 Å². The third-order valence-corrected chi connectivity index (χ3v) is 4.25. The molecule has 0 saturated heterocycles. The summed E-state index contributed by atoms with van der Waals surface area (Å²) in [6.07, 6.45) is 3.38. The van der Waals surface area contributed by atoms with Gasteiger partial charge in [0.25, 0.3) is 0 Å². The van der Waals surface area contributed by atoms with Gasteiger partial charge >= 0.3 is 0 Å². The van der Waals surface area contributed by atoms with Gasteiger partial charge in [0.15, 0.2) is 0 Å². The summed E-state index contributed by atoms with van der Waals surface area (Å²) < 4.78 is 28.1. The van der Waals surface area contributed by atoms with Crippen LogP contribution in [0.2, 0.25) is 0 Å². The molecule has 0 amide bonds. The van der Waals surface area contributed by atoms with Crippen LogP contribution in [-0.2, 0) is 16.6 Å². The van der Waals surface area contributed by atoms with E-state index in [1.54, 1.807) is 24.7 Å². The van der Waals surface area contributed by atoms with E-state index in [4.69, 9.17) is 9.88 Å². The third-order valence-electron chi connectivity index (χ3n) is 3.32. The maximum atomic E-state index is 11.2. The molecule has 0 fully saturated rings. The Bertz CT molecular complexity index is 871. The minimum atomic E-state index is -3.66. The predicted molar refractivity (Wildman–Crippen MR) is 86.2 cm³/mol. The van der Waals surface area contributed by atoms with Crippen LogP contribution < -0.4 is 9.88 Å². The number of aromatic nitrogens is 2. The van der Waals surface area contributed by atoms with Crippen LogP contribution in [0.15, 0.2) is 66.0 Å². The molecule has 3 N–H and O–H groups in total. The molecule has 0 spiro atoms. The van der Waals surface area contributed by atoms with Gasteiger partial charge in [-0.05, 0) is 47.5 Å². The maximum Gasteiger partial charge on any atom is 0.238 e. The van der Waals surface area contributed by atoms with Crippen molar-refractivity contribution in [2.75, 3.05) is 0 Å². The fourth-order valence-electron chi connectivity index (χ4n) is 2.09. The van der Waals surface area contributed by atoms with Crippen molar-refractivity contribution < 1.29 is 13.2 Å². The topological polar surface area (TPSA) is 98.1 Å². The maximum absolute atomic E-state index is 11.2. The Labute approximate surface area is 134 Å². The van der Waals surface area contributed by atoms with Gasteiger partial charge < -0.3 is 9.72 Å². The molecule has 0 saturated carbocycles. The molecule has 0 aliphatic rings. The van der Waals surface area contributed by atoms with Crippen molar-refractivity contribution in [1.29, 1.82) is 0 Å². The number of rotatable bonds is 5. The molecule has 0 aliphatic heterocycles. The zero-order chi connectivity index (χ0) is 16.3. The SMILES string of the molecule is NS(=O)(=O)c1ccc(COc2ccc(-c3cnc[nH]3)cc2)cc1. The molecular weight excluding hydrogens is 314 g/mol. The van der Waals surface area contributed by atoms with Gasteiger partial charge in [0, 0.05) is 0 Å². The van der Waals surface area contributed by atoms with E-state index in [0.29, 0.717) is 6.61 Å². The second-order valence-corrected chi connectivity index (χ2v) is 6.53. The molecule has 0 bridgehead atoms. The van der Waals surface area contributed by atoms with Crippen molar-refractivity contribution in [1.82, 2.24) is 9.97 Å². The Balaban J connectivity index is 1.64. The van der Waals surface area contributed by atoms with E-state index in [9.17, 15) is 8.42 Å². The van der Waals surface area contributed by atoms with Gasteiger partial charge in [0.2, 0.25) is 10.0 Å². The van der Waals surface area contributed by atoms with Crippen molar-refractivity contribution in [3.8, 4) is 17.0 Å². The van der Waals surface area contributed by atoms with Crippen LogP contribution in [0.5, 0.6) is 5.75 Å². The Morgan fingerprint density at radius 2 is 1.74 bits per heavy atom. The Hall–Kier alpha value is -2.64. The van der Waals surface area contributed by atoms with Gasteiger partial charge in [-0.15, -0.1) is 0 Å². The number of hydrogen-bond acceptors (Lipinski definition) is 4. The minimum Gasteiger partial charge on any atom is -0.489 e. The molecule has 23 heavy (non-hydrogen) atoms. The lowest BCUT2D eigenvalue weighted by molar-refractivity contribution is 0.306. The van der Waals surface area contributed by atoms with Gasteiger partial charge in [0.1, 0.15) is 12.4 Å². The first kappa shape index (κ1) is 15.3. The average molecular weight is 329 g/mol. The first-order valence-corrected chi connectivity index (χ1v) is 8.40. The van der Waals surface area contributed by atoms with Crippen molar-refractivity contribution in [3.63, 3.8) is 0 Å². The second kappa shape index (κ2) is 6.23. The molecule has 0 atom stereocenters. The van der Waals surface area contributed by atoms with Gasteiger partial charge in [-0.3, -0.25) is 0 Å². The van der Waals surface area contributed by atoms with E-state index in [0.717, 1.165) is 22.6 Å². The lowest BCUT2D eigenvalue weighted by Crippen LogP contribution is -2.12. The van der Waals surface area contributed by atoms with E-state index in [-0.39, 0.29) is 4.90 Å². The summed E-state index contributed by atoms with van der Waals surface area (Å²) in [5, 5.41) is 5.06. The number of nitrogens with zero attached hydrogens (tertiary/aromatic N) is 1. The summed E-state index contributed by atoms with van der Waals surface area (Å²) in [6.45, 7) is 0.342. The summed E-state index contributed by atoms with van der Waals surface area (Å²) >= 11 is 0. The first-order valence-electron chi connectivity index (χ1n) is 6.86. The fourth-order valence-corrected chi connectivity index (χ4v) is 2.60. The zero-order valence-electron chi connectivity index (χ0n) is 12.1. The predicted octanol–water partition coefficient (Wildman–Crippen LogP) is 2.30. The molecule has 1 aromatic heterocycles. The normalized spacial score (nSPS) is 11.3. The number of imidazole rings is 1. The molecule has 0 aliphatic carbocycles. The largest absolute Gasteiger partial charge is 0.489 e. The summed E-state index contributed by atoms with van der Waals surface area (Å²) in [7, 11) is -3.66. The quantitative estimate of drug-likeness (QED) is 0.750. The monoisotopic (exact) mass is 329 g/mol. The van der Waals surface area contributed by atoms with E-state index in [1.807, 2.05) is 24.3 Å². The van der Waals surface area contributed by atoms with E-state index >= 15 is 0 Å². The number of nitrogens with two attached hydrogens (primary N) is 1. The Morgan fingerprint density at radius 1 is 1.04 bits per heavy atom. The molecule has 118 valence electrons. The zero-order valence-corrected chi connectivity index (χ0v) is 13.0. The molecule has 3 aromatic rings. The van der Waals surface area contributed by atoms with Gasteiger partial charge in [0.05, 0.1) is 23.1 Å². The fraction of sp³-hybridized carbons (Fsp3) is 0.0625. The molecule has 3 rings (SSSR count). The lowest BCUT2D eigenvalue weighted by atomic mass is 10.1. The minimum absolute atomic E-state index is 0.0881. The van der Waals surface area contributed by atoms with Crippen molar-refractivity contribution >= 4 is 10.0 Å². The number of ether oxygens (including phenoxy) is 1. The van der Waals surface area contributed by atoms with Crippen LogP contribution in [-0.4, -0.2) is 18.4 Å². The highest BCUT2D eigenvalue weighted by molar-refractivity contribution is 7.89. The smallest absolute Gasteiger partial charge is 0.238 e. The third kappa shape index (κ3) is 3.77. The van der Waals surface area contributed by atoms with Crippen LogP contribution >= 0.6 is 0 Å². The van der Waals surface area contributed by atoms with Crippen molar-refractivity contribution in [2.45, 2.75) is 11.5 Å². The molecule has 6 nitrogen and oxygen atoms in total. The number of primary sulfonamides is 1. The highest BCUT2D eigenvalue weighted by Crippen LogP contribution is 2.21. The number of aromatic amines is 1. The number of H-pyrrole nitrogens is 1. The lowest BCUT2D eigenvalue weighted by Gasteiger charge is -2.07. The summed E-state index contributed by atoms with van der Waals surface area (Å²) in [5.74, 6) is 0.726. The van der Waals surface area contributed by atoms with Gasteiger partial charge in [-0.1, -0.05) is 12.1 Å². The van der Waals surface area contributed by atoms with Crippen LogP contribution in [0.1, 0.15) is 5.56 Å². The van der Waals surface area contributed by atoms with Crippen LogP contribution in [0.3, 0.4) is 0 Å². The number of nitrogens with one attached hydrogen (secondary N) is 1. The highest BCUT2D eigenvalue weighted by atomic mass is 32.2. The van der Waals surface area contributed by atoms with Crippen molar-refractivity contribution in [3.05, 3.63) is 66.6 Å². The van der Waals surface area contributed by atoms with E-state index in [1.165, 1.54) is 12.1 Å². The summed E-state index contributed by atoms with van der Waals surface area (Å²) in [5.41, 5.74) is 2.82. The van der Waals surface area contributed by atoms with E-state index < -0.39 is 10.0 Å². The summed E-state index contributed by atoms with van der Waals surface area (Å²) in [4.78, 5) is 7.11. The van der Waals surface area contributed by atoms with Crippen molar-refractivity contribution in [2.24, 2.45) is 5.14 Å². The Kier molecular flexibility index (Phi) is 4.14. The number of sulfonamides is 1. The molecule has 0 unspecified atom stereocenters. The number of hydrogen-bond donors (Lipinski definition) is 2. The van der Waals surface area contributed by atoms with Gasteiger partial charge in [-0.2, -0.15) is 0 Å². The first-order chi connectivity index (χ1) is 11.0. The number of benzene rings is 2. The molecule has 2 aromatic carbocycles. The molecule has 1 heterocycles. The van der Waals surface area contributed by atoms with E-state index in [2.05, 4.69) is 9.97 Å². The van der Waals surface area contributed by atoms with Crippen LogP contribution in [0, 0.1) is 0 Å². The summed E-state index contributed by atoms with van der Waals surface area (Å²) in [6, 6.07) is 13.9. The molecular formula is C16H15N3O3S. The average Bonchev–Trinajstić information content (AvgIpc) is 3.07. The molecule has 0 radical (unpaired) electrons. The van der Waals surface area contributed by atoms with Crippen LogP contribution in [0.25, 0.3) is 11.3 Å². The van der Waals surface area contributed by atoms with Crippen LogP contribution in [0.4, 0.5) is 0 Å². The highest BCUT2D eigenvalue weighted by Gasteiger charge is 2.07. The standard InChI is InChI=1S/C16H15N3O3S/c17-23(20,21)15-7-1-12(2-8-15)10-22-14-5-3-13(4-6-14)16-9-18-11-19-16/h1-9,11H,10H2,(H,18,19)(H2,17,20,21). The second-order valence-electron chi connectivity index (χ2n) is 4.97.